The fraction of sp³-hybridized carbons (Fsp3) is 0.316. The number of amides is 1. The van der Waals surface area contributed by atoms with Crippen LogP contribution in [0.1, 0.15) is 23.7 Å². The molecule has 1 aliphatic heterocycles. The van der Waals surface area contributed by atoms with Gasteiger partial charge in [0.2, 0.25) is 0 Å². The minimum Gasteiger partial charge on any atom is -0.337 e. The molecule has 1 fully saturated rings. The Labute approximate surface area is 166 Å². The molecule has 1 amide bonds. The number of hydrogen-bond donors (Lipinski definition) is 1. The zero-order chi connectivity index (χ0) is 18.7. The maximum atomic E-state index is 13.1. The Morgan fingerprint density at radius 2 is 1.89 bits per heavy atom. The van der Waals surface area contributed by atoms with Crippen LogP contribution in [0.15, 0.2) is 59.5 Å². The van der Waals surface area contributed by atoms with E-state index in [0.29, 0.717) is 30.9 Å². The predicted molar refractivity (Wildman–Crippen MR) is 109 cm³/mol. The molecule has 1 heterocycles. The molecule has 1 aliphatic rings. The molecule has 8 heteroatoms. The lowest BCUT2D eigenvalue weighted by Gasteiger charge is -2.23. The normalized spacial score (nSPS) is 16.7. The highest BCUT2D eigenvalue weighted by molar-refractivity contribution is 7.92. The van der Waals surface area contributed by atoms with Crippen molar-refractivity contribution in [3.63, 3.8) is 0 Å². The Bertz CT molecular complexity index is 890. The van der Waals surface area contributed by atoms with Gasteiger partial charge in [0.05, 0.1) is 10.6 Å². The van der Waals surface area contributed by atoms with Crippen molar-refractivity contribution in [3.8, 4) is 0 Å². The van der Waals surface area contributed by atoms with Crippen molar-refractivity contribution in [2.75, 3.05) is 23.9 Å². The first-order valence-electron chi connectivity index (χ1n) is 8.66. The van der Waals surface area contributed by atoms with Crippen LogP contribution in [0.2, 0.25) is 0 Å². The zero-order valence-corrected chi connectivity index (χ0v) is 16.7. The van der Waals surface area contributed by atoms with Gasteiger partial charge in [0.1, 0.15) is 0 Å². The summed E-state index contributed by atoms with van der Waals surface area (Å²) in [5.74, 6) is -0.183. The van der Waals surface area contributed by atoms with E-state index in [-0.39, 0.29) is 29.3 Å². The van der Waals surface area contributed by atoms with Crippen LogP contribution in [0.4, 0.5) is 5.69 Å². The van der Waals surface area contributed by atoms with E-state index in [1.165, 1.54) is 16.4 Å². The summed E-state index contributed by atoms with van der Waals surface area (Å²) in [6.07, 6.45) is 0.765. The highest BCUT2D eigenvalue weighted by Gasteiger charge is 2.27. The van der Waals surface area contributed by atoms with Crippen LogP contribution in [-0.4, -0.2) is 44.9 Å². The first-order chi connectivity index (χ1) is 12.4. The fourth-order valence-electron chi connectivity index (χ4n) is 3.16. The second-order valence-corrected chi connectivity index (χ2v) is 8.20. The number of nitrogens with zero attached hydrogens (tertiary/aromatic N) is 2. The maximum Gasteiger partial charge on any atom is 0.264 e. The molecule has 0 bridgehead atoms. The molecule has 27 heavy (non-hydrogen) atoms. The molecule has 146 valence electrons. The number of sulfonamides is 1. The van der Waals surface area contributed by atoms with Crippen LogP contribution in [0, 0.1) is 0 Å². The van der Waals surface area contributed by atoms with Gasteiger partial charge in [0, 0.05) is 31.2 Å². The van der Waals surface area contributed by atoms with Crippen LogP contribution >= 0.6 is 12.4 Å². The Balaban J connectivity index is 0.00000261. The average Bonchev–Trinajstić information content (AvgIpc) is 3.09. The van der Waals surface area contributed by atoms with Crippen molar-refractivity contribution in [2.45, 2.75) is 24.3 Å². The van der Waals surface area contributed by atoms with Crippen molar-refractivity contribution in [1.29, 1.82) is 0 Å². The van der Waals surface area contributed by atoms with E-state index in [2.05, 4.69) is 0 Å². The third-order valence-electron chi connectivity index (χ3n) is 4.51. The zero-order valence-electron chi connectivity index (χ0n) is 15.1. The standard InChI is InChI=1S/C19H23N3O3S.ClH/c1-2-22(17-8-4-3-5-9-17)26(24,25)18-10-6-7-15(13-18)19(23)21-12-11-16(20)14-21;/h3-10,13,16H,2,11-12,14,20H2,1H3;1H/t16-;/m1./s1. The number of para-hydroxylation sites is 1. The molecule has 2 N–H and O–H groups in total. The van der Waals surface area contributed by atoms with Gasteiger partial charge < -0.3 is 10.6 Å². The van der Waals surface area contributed by atoms with Crippen LogP contribution in [0.3, 0.4) is 0 Å². The monoisotopic (exact) mass is 409 g/mol. The molecule has 1 saturated heterocycles. The van der Waals surface area contributed by atoms with Crippen molar-refractivity contribution >= 4 is 34.0 Å². The lowest BCUT2D eigenvalue weighted by Crippen LogP contribution is -2.33. The van der Waals surface area contributed by atoms with E-state index in [1.807, 2.05) is 6.07 Å². The number of halogens is 1. The number of anilines is 1. The number of likely N-dealkylation sites (tertiary alicyclic amines) is 1. The van der Waals surface area contributed by atoms with Crippen LogP contribution in [0.5, 0.6) is 0 Å². The fourth-order valence-corrected chi connectivity index (χ4v) is 4.68. The van der Waals surface area contributed by atoms with Gasteiger partial charge in [-0.25, -0.2) is 8.42 Å². The molecule has 0 aliphatic carbocycles. The quantitative estimate of drug-likeness (QED) is 0.822. The molecule has 2 aromatic carbocycles. The van der Waals surface area contributed by atoms with Gasteiger partial charge in [0.25, 0.3) is 15.9 Å². The SMILES string of the molecule is CCN(c1ccccc1)S(=O)(=O)c1cccc(C(=O)N2CC[C@@H](N)C2)c1.Cl. The molecule has 6 nitrogen and oxygen atoms in total. The van der Waals surface area contributed by atoms with Crippen LogP contribution in [0.25, 0.3) is 0 Å². The Morgan fingerprint density at radius 3 is 2.48 bits per heavy atom. The number of nitrogens with two attached hydrogens (primary N) is 1. The number of carbonyl (C=O) groups is 1. The topological polar surface area (TPSA) is 83.7 Å². The average molecular weight is 410 g/mol. The van der Waals surface area contributed by atoms with E-state index in [4.69, 9.17) is 5.73 Å². The van der Waals surface area contributed by atoms with Crippen LogP contribution < -0.4 is 10.0 Å². The second-order valence-electron chi connectivity index (χ2n) is 6.33. The molecule has 1 atom stereocenters. The van der Waals surface area contributed by atoms with Crippen LogP contribution in [-0.2, 0) is 10.0 Å². The van der Waals surface area contributed by atoms with E-state index < -0.39 is 10.0 Å². The van der Waals surface area contributed by atoms with E-state index in [1.54, 1.807) is 48.2 Å². The van der Waals surface area contributed by atoms with E-state index in [9.17, 15) is 13.2 Å². The molecular formula is C19H24ClN3O3S. The first-order valence-corrected chi connectivity index (χ1v) is 10.1. The van der Waals surface area contributed by atoms with Crippen molar-refractivity contribution in [2.24, 2.45) is 5.73 Å². The summed E-state index contributed by atoms with van der Waals surface area (Å²) >= 11 is 0. The minimum absolute atomic E-state index is 0. The van der Waals surface area contributed by atoms with Gasteiger partial charge >= 0.3 is 0 Å². The van der Waals surface area contributed by atoms with Gasteiger partial charge in [-0.2, -0.15) is 0 Å². The smallest absolute Gasteiger partial charge is 0.264 e. The predicted octanol–water partition coefficient (Wildman–Crippen LogP) is 2.50. The largest absolute Gasteiger partial charge is 0.337 e. The number of benzene rings is 2. The van der Waals surface area contributed by atoms with Gasteiger partial charge in [0.15, 0.2) is 0 Å². The molecule has 3 rings (SSSR count). The highest BCUT2D eigenvalue weighted by atomic mass is 35.5. The summed E-state index contributed by atoms with van der Waals surface area (Å²) in [5, 5.41) is 0. The summed E-state index contributed by atoms with van der Waals surface area (Å²) < 4.78 is 27.5. The molecule has 0 unspecified atom stereocenters. The van der Waals surface area contributed by atoms with Crippen molar-refractivity contribution in [3.05, 3.63) is 60.2 Å². The summed E-state index contributed by atoms with van der Waals surface area (Å²) in [6, 6.07) is 15.1. The molecule has 0 aromatic heterocycles. The Morgan fingerprint density at radius 1 is 1.19 bits per heavy atom. The number of hydrogen-bond acceptors (Lipinski definition) is 4. The maximum absolute atomic E-state index is 13.1. The molecule has 2 aromatic rings. The Hall–Kier alpha value is -2.09. The minimum atomic E-state index is -3.76. The van der Waals surface area contributed by atoms with Gasteiger partial charge in [-0.15, -0.1) is 12.4 Å². The lowest BCUT2D eigenvalue weighted by molar-refractivity contribution is 0.0790. The third kappa shape index (κ3) is 4.43. The third-order valence-corrected chi connectivity index (χ3v) is 6.41. The summed E-state index contributed by atoms with van der Waals surface area (Å²) in [7, 11) is -3.76. The van der Waals surface area contributed by atoms with Crippen molar-refractivity contribution in [1.82, 2.24) is 4.90 Å². The molecule has 0 radical (unpaired) electrons. The van der Waals surface area contributed by atoms with Gasteiger partial charge in [-0.3, -0.25) is 9.10 Å². The van der Waals surface area contributed by atoms with E-state index >= 15 is 0 Å². The number of carbonyl (C=O) groups excluding carboxylic acids is 1. The molecule has 0 saturated carbocycles. The van der Waals surface area contributed by atoms with Gasteiger partial charge in [-0.05, 0) is 43.7 Å². The second kappa shape index (κ2) is 8.73. The summed E-state index contributed by atoms with van der Waals surface area (Å²) in [4.78, 5) is 14.4. The van der Waals surface area contributed by atoms with E-state index in [0.717, 1.165) is 6.42 Å². The lowest BCUT2D eigenvalue weighted by atomic mass is 10.2. The molecular weight excluding hydrogens is 386 g/mol. The summed E-state index contributed by atoms with van der Waals surface area (Å²) in [5.41, 5.74) is 6.83. The highest BCUT2D eigenvalue weighted by Crippen LogP contribution is 2.24. The number of rotatable bonds is 5. The van der Waals surface area contributed by atoms with Gasteiger partial charge in [-0.1, -0.05) is 24.3 Å². The van der Waals surface area contributed by atoms with Crippen molar-refractivity contribution < 1.29 is 13.2 Å². The Kier molecular flexibility index (Phi) is 6.86. The summed E-state index contributed by atoms with van der Waals surface area (Å²) in [6.45, 7) is 3.18. The molecule has 0 spiro atoms. The first kappa shape index (κ1) is 21.2.